The average Bonchev–Trinajstić information content (AvgIpc) is 2.72. The monoisotopic (exact) mass is 220 g/mol. The molecule has 0 aliphatic carbocycles. The van der Waals surface area contributed by atoms with Crippen molar-refractivity contribution in [3.8, 4) is 0 Å². The van der Waals surface area contributed by atoms with Crippen LogP contribution in [0.1, 0.15) is 20.9 Å². The van der Waals surface area contributed by atoms with Gasteiger partial charge in [0.25, 0.3) is 0 Å². The van der Waals surface area contributed by atoms with Gasteiger partial charge in [-0.1, -0.05) is 0 Å². The largest absolute Gasteiger partial charge is 0.144 e. The molecule has 2 heteroatoms. The van der Waals surface area contributed by atoms with Crippen molar-refractivity contribution < 1.29 is 0 Å². The van der Waals surface area contributed by atoms with Crippen molar-refractivity contribution in [2.24, 2.45) is 0 Å². The first-order valence-electron chi connectivity index (χ1n) is 4.53. The van der Waals surface area contributed by atoms with Crippen molar-refractivity contribution in [1.29, 1.82) is 0 Å². The normalized spacial score (nSPS) is 11.3. The summed E-state index contributed by atoms with van der Waals surface area (Å²) in [6, 6.07) is 4.32. The topological polar surface area (TPSA) is 0 Å². The highest BCUT2D eigenvalue weighted by Gasteiger charge is 1.96. The fourth-order valence-corrected chi connectivity index (χ4v) is 2.90. The van der Waals surface area contributed by atoms with Crippen LogP contribution in [0.15, 0.2) is 22.9 Å². The van der Waals surface area contributed by atoms with E-state index in [4.69, 9.17) is 0 Å². The first-order valence-corrected chi connectivity index (χ1v) is 6.29. The molecule has 2 heterocycles. The van der Waals surface area contributed by atoms with Gasteiger partial charge in [-0.25, -0.2) is 0 Å². The van der Waals surface area contributed by atoms with Crippen molar-refractivity contribution in [2.45, 2.75) is 13.8 Å². The first-order chi connectivity index (χ1) is 6.77. The highest BCUT2D eigenvalue weighted by atomic mass is 32.1. The molecule has 0 radical (unpaired) electrons. The lowest BCUT2D eigenvalue weighted by Crippen LogP contribution is -1.69. The maximum Gasteiger partial charge on any atom is 0.0299 e. The Morgan fingerprint density at radius 1 is 0.857 bits per heavy atom. The van der Waals surface area contributed by atoms with Crippen LogP contribution in [0.3, 0.4) is 0 Å². The highest BCUT2D eigenvalue weighted by Crippen LogP contribution is 2.22. The minimum atomic E-state index is 1.36. The van der Waals surface area contributed by atoms with Gasteiger partial charge in [0.15, 0.2) is 0 Å². The van der Waals surface area contributed by atoms with Gasteiger partial charge >= 0.3 is 0 Å². The van der Waals surface area contributed by atoms with Crippen LogP contribution in [0.5, 0.6) is 0 Å². The van der Waals surface area contributed by atoms with E-state index >= 15 is 0 Å². The highest BCUT2D eigenvalue weighted by molar-refractivity contribution is 7.12. The van der Waals surface area contributed by atoms with E-state index in [2.05, 4.69) is 48.9 Å². The second-order valence-corrected chi connectivity index (χ2v) is 5.16. The van der Waals surface area contributed by atoms with Crippen molar-refractivity contribution in [3.05, 3.63) is 43.8 Å². The van der Waals surface area contributed by atoms with E-state index in [1.165, 1.54) is 20.9 Å². The predicted octanol–water partition coefficient (Wildman–Crippen LogP) is 4.60. The van der Waals surface area contributed by atoms with Gasteiger partial charge < -0.3 is 0 Å². The Labute approximate surface area is 92.5 Å². The maximum absolute atomic E-state index is 2.21. The molecular weight excluding hydrogens is 208 g/mol. The van der Waals surface area contributed by atoms with E-state index in [9.17, 15) is 0 Å². The van der Waals surface area contributed by atoms with Crippen LogP contribution in [0.2, 0.25) is 0 Å². The van der Waals surface area contributed by atoms with E-state index in [-0.39, 0.29) is 0 Å². The second kappa shape index (κ2) is 4.11. The van der Waals surface area contributed by atoms with Crippen LogP contribution in [0, 0.1) is 13.8 Å². The third kappa shape index (κ3) is 1.97. The molecule has 0 spiro atoms. The summed E-state index contributed by atoms with van der Waals surface area (Å²) in [5.74, 6) is 0. The van der Waals surface area contributed by atoms with Crippen LogP contribution in [0.4, 0.5) is 0 Å². The number of hydrogen-bond donors (Lipinski definition) is 0. The van der Waals surface area contributed by atoms with Crippen LogP contribution in [0.25, 0.3) is 12.2 Å². The summed E-state index contributed by atoms with van der Waals surface area (Å²) in [7, 11) is 0. The van der Waals surface area contributed by atoms with Crippen LogP contribution < -0.4 is 0 Å². The van der Waals surface area contributed by atoms with Gasteiger partial charge in [0.1, 0.15) is 0 Å². The standard InChI is InChI=1S/C12H12S2/c1-9-5-7-13-11(9)3-4-12-10(2)6-8-14-12/h3-8H,1-2H3/b4-3+. The molecule has 72 valence electrons. The van der Waals surface area contributed by atoms with Gasteiger partial charge in [0.2, 0.25) is 0 Å². The zero-order valence-electron chi connectivity index (χ0n) is 8.28. The Morgan fingerprint density at radius 3 is 1.57 bits per heavy atom. The molecule has 2 aromatic rings. The Morgan fingerprint density at radius 2 is 1.29 bits per heavy atom. The van der Waals surface area contributed by atoms with Gasteiger partial charge in [-0.2, -0.15) is 0 Å². The molecule has 0 aromatic carbocycles. The number of aryl methyl sites for hydroxylation is 2. The average molecular weight is 220 g/mol. The van der Waals surface area contributed by atoms with Crippen molar-refractivity contribution in [2.75, 3.05) is 0 Å². The molecule has 0 bridgehead atoms. The van der Waals surface area contributed by atoms with Crippen LogP contribution in [-0.2, 0) is 0 Å². The minimum absolute atomic E-state index is 1.36. The summed E-state index contributed by atoms with van der Waals surface area (Å²) in [4.78, 5) is 2.72. The van der Waals surface area contributed by atoms with E-state index in [0.717, 1.165) is 0 Å². The van der Waals surface area contributed by atoms with E-state index in [0.29, 0.717) is 0 Å². The zero-order chi connectivity index (χ0) is 9.97. The molecule has 0 saturated carbocycles. The molecule has 0 aliphatic rings. The molecule has 0 aliphatic heterocycles. The molecule has 0 saturated heterocycles. The number of rotatable bonds is 2. The van der Waals surface area contributed by atoms with E-state index < -0.39 is 0 Å². The minimum Gasteiger partial charge on any atom is -0.144 e. The SMILES string of the molecule is Cc1ccsc1/C=C/c1sccc1C. The fourth-order valence-electron chi connectivity index (χ4n) is 1.26. The third-order valence-corrected chi connectivity index (χ3v) is 4.16. The summed E-state index contributed by atoms with van der Waals surface area (Å²) in [5.41, 5.74) is 2.72. The quantitative estimate of drug-likeness (QED) is 0.694. The summed E-state index contributed by atoms with van der Waals surface area (Å²) in [5, 5.41) is 4.27. The molecule has 0 atom stereocenters. The van der Waals surface area contributed by atoms with Crippen LogP contribution in [-0.4, -0.2) is 0 Å². The number of hydrogen-bond acceptors (Lipinski definition) is 2. The van der Waals surface area contributed by atoms with Gasteiger partial charge in [0.05, 0.1) is 0 Å². The lowest BCUT2D eigenvalue weighted by atomic mass is 10.2. The summed E-state index contributed by atoms with van der Waals surface area (Å²) >= 11 is 3.59. The van der Waals surface area contributed by atoms with Gasteiger partial charge in [-0.3, -0.25) is 0 Å². The fraction of sp³-hybridized carbons (Fsp3) is 0.167. The maximum atomic E-state index is 2.21. The number of thiophene rings is 2. The Bertz CT molecular complexity index is 404. The van der Waals surface area contributed by atoms with E-state index in [1.54, 1.807) is 22.7 Å². The molecule has 0 N–H and O–H groups in total. The van der Waals surface area contributed by atoms with E-state index in [1.807, 2.05) is 0 Å². The predicted molar refractivity (Wildman–Crippen MR) is 67.0 cm³/mol. The molecule has 2 rings (SSSR count). The van der Waals surface area contributed by atoms with Crippen molar-refractivity contribution in [1.82, 2.24) is 0 Å². The Balaban J connectivity index is 2.23. The molecule has 0 unspecified atom stereocenters. The van der Waals surface area contributed by atoms with Gasteiger partial charge in [-0.15, -0.1) is 22.7 Å². The first kappa shape index (κ1) is 9.69. The second-order valence-electron chi connectivity index (χ2n) is 3.27. The smallest absolute Gasteiger partial charge is 0.0299 e. The molecule has 0 fully saturated rings. The summed E-state index contributed by atoms with van der Waals surface area (Å²) in [6.07, 6.45) is 4.41. The zero-order valence-corrected chi connectivity index (χ0v) is 9.91. The Hall–Kier alpha value is -0.860. The van der Waals surface area contributed by atoms with Gasteiger partial charge in [-0.05, 0) is 60.0 Å². The molecule has 2 aromatic heterocycles. The lowest BCUT2D eigenvalue weighted by molar-refractivity contribution is 1.53. The van der Waals surface area contributed by atoms with Crippen molar-refractivity contribution in [3.63, 3.8) is 0 Å². The van der Waals surface area contributed by atoms with Crippen molar-refractivity contribution >= 4 is 34.8 Å². The molecular formula is C12H12S2. The van der Waals surface area contributed by atoms with Gasteiger partial charge in [0, 0.05) is 9.75 Å². The summed E-state index contributed by atoms with van der Waals surface area (Å²) in [6.45, 7) is 4.30. The lowest BCUT2D eigenvalue weighted by Gasteiger charge is -1.90. The Kier molecular flexibility index (Phi) is 2.85. The van der Waals surface area contributed by atoms with Crippen LogP contribution >= 0.6 is 22.7 Å². The molecule has 0 amide bonds. The summed E-state index contributed by atoms with van der Waals surface area (Å²) < 4.78 is 0. The third-order valence-electron chi connectivity index (χ3n) is 2.19. The molecule has 14 heavy (non-hydrogen) atoms. The molecule has 0 nitrogen and oxygen atoms in total.